The van der Waals surface area contributed by atoms with Crippen LogP contribution in [-0.4, -0.2) is 47.6 Å². The zero-order valence-electron chi connectivity index (χ0n) is 20.8. The maximum atomic E-state index is 12.8. The molecule has 0 fully saturated rings. The number of nitrogens with one attached hydrogen (secondary N) is 2. The van der Waals surface area contributed by atoms with Crippen LogP contribution in [0.25, 0.3) is 11.1 Å². The largest absolute Gasteiger partial charge is 0.480 e. The molecule has 0 spiro atoms. The first-order valence-electron chi connectivity index (χ1n) is 11.8. The third-order valence-electron chi connectivity index (χ3n) is 5.71. The molecule has 2 amide bonds. The Kier molecular flexibility index (Phi) is 8.04. The first-order chi connectivity index (χ1) is 16.5. The van der Waals surface area contributed by atoms with Gasteiger partial charge in [0.05, 0.1) is 6.04 Å². The molecule has 2 aromatic carbocycles. The van der Waals surface area contributed by atoms with Gasteiger partial charge in [0.25, 0.3) is 0 Å². The van der Waals surface area contributed by atoms with Crippen molar-refractivity contribution >= 4 is 18.2 Å². The maximum absolute atomic E-state index is 12.8. The van der Waals surface area contributed by atoms with Crippen molar-refractivity contribution in [2.45, 2.75) is 64.6 Å². The molecule has 0 saturated heterocycles. The number of carbonyl (C=O) groups excluding carboxylic acids is 2. The molecule has 3 N–H and O–H groups in total. The summed E-state index contributed by atoms with van der Waals surface area (Å²) < 4.78 is 10.8. The van der Waals surface area contributed by atoms with Crippen LogP contribution in [0.15, 0.2) is 48.5 Å². The fraction of sp³-hybridized carbons (Fsp3) is 0.444. The summed E-state index contributed by atoms with van der Waals surface area (Å²) in [6.45, 7) is 8.96. The fourth-order valence-corrected chi connectivity index (χ4v) is 4.35. The normalized spacial score (nSPS) is 14.5. The molecule has 0 heterocycles. The molecule has 0 aromatic heterocycles. The van der Waals surface area contributed by atoms with Crippen molar-refractivity contribution in [3.05, 3.63) is 59.7 Å². The van der Waals surface area contributed by atoms with Crippen molar-refractivity contribution in [2.24, 2.45) is 5.92 Å². The Hall–Kier alpha value is -3.55. The molecule has 0 radical (unpaired) electrons. The number of amides is 2. The Morgan fingerprint density at radius 1 is 0.914 bits per heavy atom. The van der Waals surface area contributed by atoms with Gasteiger partial charge in [0, 0.05) is 5.92 Å². The molecule has 8 heteroatoms. The molecule has 1 aliphatic carbocycles. The van der Waals surface area contributed by atoms with Crippen LogP contribution in [0.3, 0.4) is 0 Å². The number of rotatable bonds is 8. The van der Waals surface area contributed by atoms with Gasteiger partial charge in [-0.05, 0) is 55.4 Å². The number of benzene rings is 2. The second-order valence-corrected chi connectivity index (χ2v) is 10.2. The lowest BCUT2D eigenvalue weighted by atomic mass is 9.97. The highest BCUT2D eigenvalue weighted by Gasteiger charge is 2.34. The quantitative estimate of drug-likeness (QED) is 0.492. The van der Waals surface area contributed by atoms with Crippen molar-refractivity contribution in [3.63, 3.8) is 0 Å². The molecule has 188 valence electrons. The van der Waals surface area contributed by atoms with Crippen LogP contribution in [0.2, 0.25) is 0 Å². The van der Waals surface area contributed by atoms with Crippen LogP contribution in [0.5, 0.6) is 0 Å². The van der Waals surface area contributed by atoms with Crippen LogP contribution < -0.4 is 10.6 Å². The van der Waals surface area contributed by atoms with Crippen LogP contribution in [-0.2, 0) is 14.3 Å². The van der Waals surface area contributed by atoms with Crippen molar-refractivity contribution < 1.29 is 29.0 Å². The minimum atomic E-state index is -1.38. The van der Waals surface area contributed by atoms with Crippen molar-refractivity contribution in [1.29, 1.82) is 0 Å². The van der Waals surface area contributed by atoms with Crippen molar-refractivity contribution in [2.75, 3.05) is 6.61 Å². The minimum absolute atomic E-state index is 0.0520. The van der Waals surface area contributed by atoms with E-state index in [1.54, 1.807) is 20.8 Å². The third kappa shape index (κ3) is 6.74. The smallest absolute Gasteiger partial charge is 0.408 e. The van der Waals surface area contributed by atoms with Gasteiger partial charge in [-0.25, -0.2) is 14.4 Å². The Morgan fingerprint density at radius 3 is 1.94 bits per heavy atom. The Morgan fingerprint density at radius 2 is 1.46 bits per heavy atom. The fourth-order valence-electron chi connectivity index (χ4n) is 4.35. The lowest BCUT2D eigenvalue weighted by Gasteiger charge is -2.28. The lowest BCUT2D eigenvalue weighted by Crippen LogP contribution is -2.56. The molecule has 0 aliphatic heterocycles. The van der Waals surface area contributed by atoms with Gasteiger partial charge < -0.3 is 25.2 Å². The topological polar surface area (TPSA) is 114 Å². The predicted octanol–water partition coefficient (Wildman–Crippen LogP) is 4.92. The van der Waals surface area contributed by atoms with Gasteiger partial charge in [0.1, 0.15) is 18.2 Å². The molecular weight excluding hydrogens is 448 g/mol. The average Bonchev–Trinajstić information content (AvgIpc) is 3.08. The molecule has 35 heavy (non-hydrogen) atoms. The van der Waals surface area contributed by atoms with Crippen LogP contribution in [0.4, 0.5) is 9.59 Å². The van der Waals surface area contributed by atoms with E-state index in [2.05, 4.69) is 10.6 Å². The summed E-state index contributed by atoms with van der Waals surface area (Å²) in [5.74, 6) is -1.34. The molecule has 2 atom stereocenters. The highest BCUT2D eigenvalue weighted by Crippen LogP contribution is 2.44. The van der Waals surface area contributed by atoms with Crippen molar-refractivity contribution in [1.82, 2.24) is 10.6 Å². The van der Waals surface area contributed by atoms with Gasteiger partial charge in [-0.2, -0.15) is 0 Å². The number of alkyl carbamates (subject to hydrolysis) is 2. The van der Waals surface area contributed by atoms with Crippen LogP contribution in [0, 0.1) is 5.92 Å². The number of hydrogen-bond acceptors (Lipinski definition) is 5. The number of fused-ring (bicyclic) bond motifs is 3. The summed E-state index contributed by atoms with van der Waals surface area (Å²) in [5, 5.41) is 14.8. The van der Waals surface area contributed by atoms with Gasteiger partial charge >= 0.3 is 18.2 Å². The highest BCUT2D eigenvalue weighted by molar-refractivity contribution is 5.82. The van der Waals surface area contributed by atoms with E-state index < -0.39 is 35.8 Å². The van der Waals surface area contributed by atoms with E-state index in [0.717, 1.165) is 22.3 Å². The Labute approximate surface area is 206 Å². The minimum Gasteiger partial charge on any atom is -0.480 e. The van der Waals surface area contributed by atoms with E-state index in [0.29, 0.717) is 6.42 Å². The second kappa shape index (κ2) is 10.8. The van der Waals surface area contributed by atoms with E-state index in [9.17, 15) is 19.5 Å². The summed E-state index contributed by atoms with van der Waals surface area (Å²) in [6.07, 6.45) is -1.29. The number of ether oxygens (including phenoxy) is 2. The summed E-state index contributed by atoms with van der Waals surface area (Å²) in [5.41, 5.74) is 3.59. The number of carbonyl (C=O) groups is 3. The van der Waals surface area contributed by atoms with E-state index in [4.69, 9.17) is 9.47 Å². The van der Waals surface area contributed by atoms with Crippen LogP contribution >= 0.6 is 0 Å². The van der Waals surface area contributed by atoms with E-state index >= 15 is 0 Å². The zero-order valence-corrected chi connectivity index (χ0v) is 20.8. The molecule has 2 aromatic rings. The second-order valence-electron chi connectivity index (χ2n) is 10.2. The first-order valence-corrected chi connectivity index (χ1v) is 11.8. The van der Waals surface area contributed by atoms with Crippen molar-refractivity contribution in [3.8, 4) is 11.1 Å². The van der Waals surface area contributed by atoms with Gasteiger partial charge in [-0.1, -0.05) is 62.4 Å². The van der Waals surface area contributed by atoms with Gasteiger partial charge in [-0.3, -0.25) is 0 Å². The summed E-state index contributed by atoms with van der Waals surface area (Å²) in [6, 6.07) is 13.7. The standard InChI is InChI=1S/C27H34N2O6/c1-16(2)14-22(23(24(30)31)29-26(33)35-27(3,4)5)28-25(32)34-15-21-19-12-8-6-10-17(19)18-11-7-9-13-20(18)21/h6-13,16,21-23H,14-15H2,1-5H3,(H,28,32)(H,29,33)(H,30,31)/t22-,23-/m0/s1. The van der Waals surface area contributed by atoms with E-state index in [1.807, 2.05) is 62.4 Å². The number of hydrogen-bond donors (Lipinski definition) is 3. The summed E-state index contributed by atoms with van der Waals surface area (Å²) in [7, 11) is 0. The van der Waals surface area contributed by atoms with E-state index in [1.165, 1.54) is 0 Å². The molecule has 1 aliphatic rings. The number of carboxylic acids is 1. The summed E-state index contributed by atoms with van der Waals surface area (Å²) in [4.78, 5) is 37.0. The van der Waals surface area contributed by atoms with Gasteiger partial charge in [-0.15, -0.1) is 0 Å². The molecule has 0 unspecified atom stereocenters. The third-order valence-corrected chi connectivity index (χ3v) is 5.71. The Bertz CT molecular complexity index is 1030. The van der Waals surface area contributed by atoms with Gasteiger partial charge in [0.2, 0.25) is 0 Å². The zero-order chi connectivity index (χ0) is 25.8. The average molecular weight is 483 g/mol. The Balaban J connectivity index is 1.71. The highest BCUT2D eigenvalue weighted by atomic mass is 16.6. The lowest BCUT2D eigenvalue weighted by molar-refractivity contribution is -0.140. The van der Waals surface area contributed by atoms with Gasteiger partial charge in [0.15, 0.2) is 0 Å². The molecule has 0 bridgehead atoms. The monoisotopic (exact) mass is 482 g/mol. The summed E-state index contributed by atoms with van der Waals surface area (Å²) >= 11 is 0. The van der Waals surface area contributed by atoms with E-state index in [-0.39, 0.29) is 18.4 Å². The molecule has 0 saturated carbocycles. The molecular formula is C27H34N2O6. The first kappa shape index (κ1) is 26.1. The predicted molar refractivity (Wildman–Crippen MR) is 132 cm³/mol. The molecule has 3 rings (SSSR count). The molecule has 8 nitrogen and oxygen atoms in total. The SMILES string of the molecule is CC(C)C[C@H](NC(=O)OCC1c2ccccc2-c2ccccc21)[C@H](NC(=O)OC(C)(C)C)C(=O)O. The number of carboxylic acid groups (broad SMARTS) is 1. The van der Waals surface area contributed by atoms with Crippen LogP contribution in [0.1, 0.15) is 58.1 Å². The number of aliphatic carboxylic acids is 1. The maximum Gasteiger partial charge on any atom is 0.408 e.